The fourth-order valence-electron chi connectivity index (χ4n) is 4.50. The van der Waals surface area contributed by atoms with Gasteiger partial charge in [0.2, 0.25) is 0 Å². The smallest absolute Gasteiger partial charge is 0.166 e. The van der Waals surface area contributed by atoms with Crippen LogP contribution in [-0.2, 0) is 4.74 Å². The molecule has 2 heterocycles. The third kappa shape index (κ3) is 2.26. The SMILES string of the molecule is CC(C)(C)CCC12C[C@@H]3C[C@@H](CC(O)(C3)O1)C2. The highest BCUT2D eigenvalue weighted by atomic mass is 16.6. The first-order chi connectivity index (χ1) is 7.78. The molecule has 4 atom stereocenters. The number of hydrogen-bond donors (Lipinski definition) is 1. The van der Waals surface area contributed by atoms with Crippen molar-refractivity contribution >= 4 is 0 Å². The van der Waals surface area contributed by atoms with Gasteiger partial charge in [-0.3, -0.25) is 0 Å². The average Bonchev–Trinajstić information content (AvgIpc) is 2.09. The van der Waals surface area contributed by atoms with Crippen LogP contribution in [0, 0.1) is 17.3 Å². The summed E-state index contributed by atoms with van der Waals surface area (Å²) < 4.78 is 6.15. The Morgan fingerprint density at radius 2 is 1.71 bits per heavy atom. The Hall–Kier alpha value is -0.0800. The van der Waals surface area contributed by atoms with E-state index in [2.05, 4.69) is 20.8 Å². The molecular formula is C15H26O2. The minimum Gasteiger partial charge on any atom is -0.365 e. The first kappa shape index (κ1) is 12.0. The summed E-state index contributed by atoms with van der Waals surface area (Å²) >= 11 is 0. The average molecular weight is 238 g/mol. The van der Waals surface area contributed by atoms with Gasteiger partial charge in [-0.2, -0.15) is 0 Å². The lowest BCUT2D eigenvalue weighted by atomic mass is 9.59. The summed E-state index contributed by atoms with van der Waals surface area (Å²) in [6.07, 6.45) is 7.84. The summed E-state index contributed by atoms with van der Waals surface area (Å²) in [7, 11) is 0. The molecule has 2 saturated heterocycles. The van der Waals surface area contributed by atoms with Gasteiger partial charge < -0.3 is 9.84 Å². The molecule has 4 bridgehead atoms. The molecule has 4 fully saturated rings. The van der Waals surface area contributed by atoms with Gasteiger partial charge in [0, 0.05) is 12.8 Å². The summed E-state index contributed by atoms with van der Waals surface area (Å²) in [5, 5.41) is 10.5. The van der Waals surface area contributed by atoms with Crippen molar-refractivity contribution in [1.29, 1.82) is 0 Å². The molecule has 2 saturated carbocycles. The van der Waals surface area contributed by atoms with Crippen LogP contribution in [0.2, 0.25) is 0 Å². The van der Waals surface area contributed by atoms with Crippen LogP contribution in [0.25, 0.3) is 0 Å². The van der Waals surface area contributed by atoms with Gasteiger partial charge in [-0.15, -0.1) is 0 Å². The molecule has 4 aliphatic rings. The van der Waals surface area contributed by atoms with Crippen molar-refractivity contribution in [1.82, 2.24) is 0 Å². The number of aliphatic hydroxyl groups is 1. The third-order valence-corrected chi connectivity index (χ3v) is 4.94. The van der Waals surface area contributed by atoms with Crippen LogP contribution >= 0.6 is 0 Å². The van der Waals surface area contributed by atoms with Gasteiger partial charge in [0.15, 0.2) is 5.79 Å². The van der Waals surface area contributed by atoms with E-state index in [0.29, 0.717) is 5.41 Å². The van der Waals surface area contributed by atoms with Gasteiger partial charge in [0.05, 0.1) is 5.60 Å². The lowest BCUT2D eigenvalue weighted by molar-refractivity contribution is -0.357. The van der Waals surface area contributed by atoms with Crippen LogP contribution in [0.5, 0.6) is 0 Å². The van der Waals surface area contributed by atoms with E-state index in [4.69, 9.17) is 4.74 Å². The summed E-state index contributed by atoms with van der Waals surface area (Å²) in [5.41, 5.74) is 0.390. The molecule has 17 heavy (non-hydrogen) atoms. The van der Waals surface area contributed by atoms with Gasteiger partial charge in [-0.25, -0.2) is 0 Å². The van der Waals surface area contributed by atoms with E-state index < -0.39 is 5.79 Å². The van der Waals surface area contributed by atoms with Crippen LogP contribution in [-0.4, -0.2) is 16.5 Å². The first-order valence-corrected chi connectivity index (χ1v) is 7.20. The molecule has 0 aromatic rings. The fraction of sp³-hybridized carbons (Fsp3) is 1.00. The molecule has 4 rings (SSSR count). The molecule has 1 N–H and O–H groups in total. The predicted octanol–water partition coefficient (Wildman–Crippen LogP) is 3.48. The molecule has 0 aromatic heterocycles. The minimum atomic E-state index is -0.762. The standard InChI is InChI=1S/C15H26O2/c1-13(2,3)4-5-14-7-11-6-12(8-14)10-15(16,9-11)17-14/h11-12,16H,4-10H2,1-3H3/t11-,12+,14?,15?. The van der Waals surface area contributed by atoms with Crippen LogP contribution in [0.4, 0.5) is 0 Å². The molecule has 2 aliphatic carbocycles. The number of hydrogen-bond acceptors (Lipinski definition) is 2. The molecule has 2 heteroatoms. The number of ether oxygens (including phenoxy) is 1. The fourth-order valence-corrected chi connectivity index (χ4v) is 4.50. The van der Waals surface area contributed by atoms with Gasteiger partial charge in [-0.1, -0.05) is 20.8 Å². The summed E-state index contributed by atoms with van der Waals surface area (Å²) in [5.74, 6) is 0.685. The Morgan fingerprint density at radius 1 is 1.12 bits per heavy atom. The van der Waals surface area contributed by atoms with Crippen molar-refractivity contribution in [3.05, 3.63) is 0 Å². The highest BCUT2D eigenvalue weighted by Gasteiger charge is 2.58. The van der Waals surface area contributed by atoms with Crippen molar-refractivity contribution in [2.75, 3.05) is 0 Å². The van der Waals surface area contributed by atoms with E-state index in [9.17, 15) is 5.11 Å². The van der Waals surface area contributed by atoms with E-state index >= 15 is 0 Å². The second kappa shape index (κ2) is 3.48. The van der Waals surface area contributed by atoms with Gasteiger partial charge in [0.1, 0.15) is 0 Å². The Morgan fingerprint density at radius 3 is 2.18 bits per heavy atom. The normalized spacial score (nSPS) is 48.7. The monoisotopic (exact) mass is 238 g/mol. The largest absolute Gasteiger partial charge is 0.365 e. The molecule has 0 radical (unpaired) electrons. The Balaban J connectivity index is 1.75. The zero-order valence-corrected chi connectivity index (χ0v) is 11.5. The highest BCUT2D eigenvalue weighted by molar-refractivity contribution is 5.04. The van der Waals surface area contributed by atoms with Gasteiger partial charge in [0.25, 0.3) is 0 Å². The lowest BCUT2D eigenvalue weighted by Gasteiger charge is -2.60. The Kier molecular flexibility index (Phi) is 2.45. The Labute approximate surface area is 105 Å². The predicted molar refractivity (Wildman–Crippen MR) is 67.5 cm³/mol. The summed E-state index contributed by atoms with van der Waals surface area (Å²) in [4.78, 5) is 0. The van der Waals surface area contributed by atoms with E-state index in [1.54, 1.807) is 0 Å². The topological polar surface area (TPSA) is 29.5 Å². The molecule has 2 unspecified atom stereocenters. The van der Waals surface area contributed by atoms with Crippen molar-refractivity contribution < 1.29 is 9.84 Å². The summed E-state index contributed by atoms with van der Waals surface area (Å²) in [6.45, 7) is 6.88. The Bertz CT molecular complexity index is 301. The van der Waals surface area contributed by atoms with Crippen molar-refractivity contribution in [2.45, 2.75) is 77.1 Å². The van der Waals surface area contributed by atoms with Crippen LogP contribution in [0.3, 0.4) is 0 Å². The number of rotatable bonds is 2. The zero-order valence-electron chi connectivity index (χ0n) is 11.5. The highest BCUT2D eigenvalue weighted by Crippen LogP contribution is 2.58. The second-order valence-electron chi connectivity index (χ2n) is 8.08. The molecule has 2 nitrogen and oxygen atoms in total. The molecular weight excluding hydrogens is 212 g/mol. The van der Waals surface area contributed by atoms with E-state index in [-0.39, 0.29) is 5.60 Å². The van der Waals surface area contributed by atoms with Crippen LogP contribution in [0.15, 0.2) is 0 Å². The maximum absolute atomic E-state index is 10.5. The van der Waals surface area contributed by atoms with Crippen LogP contribution in [0.1, 0.15) is 65.7 Å². The molecule has 0 spiro atoms. The molecule has 0 aromatic carbocycles. The maximum atomic E-state index is 10.5. The van der Waals surface area contributed by atoms with Crippen LogP contribution < -0.4 is 0 Å². The minimum absolute atomic E-state index is 0.0200. The van der Waals surface area contributed by atoms with E-state index in [0.717, 1.165) is 31.1 Å². The third-order valence-electron chi connectivity index (χ3n) is 4.94. The summed E-state index contributed by atoms with van der Waals surface area (Å²) in [6, 6.07) is 0. The quantitative estimate of drug-likeness (QED) is 0.798. The molecule has 98 valence electrons. The first-order valence-electron chi connectivity index (χ1n) is 7.20. The second-order valence-corrected chi connectivity index (χ2v) is 8.08. The van der Waals surface area contributed by atoms with Gasteiger partial charge >= 0.3 is 0 Å². The van der Waals surface area contributed by atoms with Crippen molar-refractivity contribution in [2.24, 2.45) is 17.3 Å². The van der Waals surface area contributed by atoms with Gasteiger partial charge in [-0.05, 0) is 49.4 Å². The van der Waals surface area contributed by atoms with E-state index in [1.165, 1.54) is 25.7 Å². The molecule has 0 amide bonds. The van der Waals surface area contributed by atoms with E-state index in [1.807, 2.05) is 0 Å². The molecule has 2 aliphatic heterocycles. The zero-order chi connectivity index (χ0) is 12.3. The van der Waals surface area contributed by atoms with Crippen molar-refractivity contribution in [3.63, 3.8) is 0 Å². The maximum Gasteiger partial charge on any atom is 0.166 e. The van der Waals surface area contributed by atoms with Crippen molar-refractivity contribution in [3.8, 4) is 0 Å². The lowest BCUT2D eigenvalue weighted by Crippen LogP contribution is -2.61.